The second-order valence-corrected chi connectivity index (χ2v) is 5.67. The highest BCUT2D eigenvalue weighted by molar-refractivity contribution is 5.96. The van der Waals surface area contributed by atoms with Gasteiger partial charge in [-0.1, -0.05) is 17.7 Å². The maximum atomic E-state index is 12.3. The van der Waals surface area contributed by atoms with Crippen LogP contribution in [0.25, 0.3) is 11.0 Å². The number of benzene rings is 2. The van der Waals surface area contributed by atoms with E-state index in [0.29, 0.717) is 0 Å². The molecule has 2 aromatic carbocycles. The average molecular weight is 309 g/mol. The highest BCUT2D eigenvalue weighted by Gasteiger charge is 2.12. The van der Waals surface area contributed by atoms with Gasteiger partial charge in [-0.25, -0.2) is 0 Å². The first-order valence-corrected chi connectivity index (χ1v) is 7.48. The molecule has 0 aliphatic carbocycles. The molecular formula is C19H19NO3. The molecule has 3 rings (SSSR count). The van der Waals surface area contributed by atoms with Gasteiger partial charge < -0.3 is 14.5 Å². The van der Waals surface area contributed by atoms with E-state index < -0.39 is 0 Å². The highest BCUT2D eigenvalue weighted by Crippen LogP contribution is 2.26. The molecule has 0 unspecified atom stereocenters. The molecule has 0 radical (unpaired) electrons. The Kier molecular flexibility index (Phi) is 4.06. The fraction of sp³-hybridized carbons (Fsp3) is 0.211. The van der Waals surface area contributed by atoms with Crippen molar-refractivity contribution in [1.29, 1.82) is 0 Å². The first kappa shape index (κ1) is 15.2. The Morgan fingerprint density at radius 1 is 1.17 bits per heavy atom. The van der Waals surface area contributed by atoms with Crippen molar-refractivity contribution in [3.63, 3.8) is 0 Å². The van der Waals surface area contributed by atoms with Gasteiger partial charge in [0.25, 0.3) is 0 Å². The SMILES string of the molecule is COc1ccc2occ(CC(=O)Nc3ccc(C)cc3C)c2c1. The summed E-state index contributed by atoms with van der Waals surface area (Å²) >= 11 is 0. The third-order valence-corrected chi connectivity index (χ3v) is 3.87. The number of fused-ring (bicyclic) bond motifs is 1. The first-order chi connectivity index (χ1) is 11.1. The Balaban J connectivity index is 1.80. The molecule has 0 bridgehead atoms. The fourth-order valence-electron chi connectivity index (χ4n) is 2.65. The Morgan fingerprint density at radius 2 is 2.00 bits per heavy atom. The smallest absolute Gasteiger partial charge is 0.228 e. The predicted octanol–water partition coefficient (Wildman–Crippen LogP) is 4.24. The topological polar surface area (TPSA) is 51.5 Å². The van der Waals surface area contributed by atoms with E-state index in [1.165, 1.54) is 5.56 Å². The van der Waals surface area contributed by atoms with Gasteiger partial charge in [0.05, 0.1) is 19.8 Å². The highest BCUT2D eigenvalue weighted by atomic mass is 16.5. The fourth-order valence-corrected chi connectivity index (χ4v) is 2.65. The quantitative estimate of drug-likeness (QED) is 0.784. The number of methoxy groups -OCH3 is 1. The standard InChI is InChI=1S/C19H19NO3/c1-12-4-6-17(13(2)8-12)20-19(21)9-14-11-23-18-7-5-15(22-3)10-16(14)18/h4-8,10-11H,9H2,1-3H3,(H,20,21). The van der Waals surface area contributed by atoms with E-state index in [-0.39, 0.29) is 12.3 Å². The summed E-state index contributed by atoms with van der Waals surface area (Å²) in [6.07, 6.45) is 1.89. The second kappa shape index (κ2) is 6.16. The van der Waals surface area contributed by atoms with Gasteiger partial charge in [0.1, 0.15) is 11.3 Å². The molecule has 118 valence electrons. The molecular weight excluding hydrogens is 290 g/mol. The van der Waals surface area contributed by atoms with Crippen molar-refractivity contribution < 1.29 is 13.9 Å². The van der Waals surface area contributed by atoms with Crippen LogP contribution in [0, 0.1) is 13.8 Å². The van der Waals surface area contributed by atoms with Crippen molar-refractivity contribution in [1.82, 2.24) is 0 Å². The monoisotopic (exact) mass is 309 g/mol. The number of aryl methyl sites for hydroxylation is 2. The lowest BCUT2D eigenvalue weighted by atomic mass is 10.1. The molecule has 1 aromatic heterocycles. The summed E-state index contributed by atoms with van der Waals surface area (Å²) in [6.45, 7) is 4.02. The van der Waals surface area contributed by atoms with Crippen LogP contribution in [-0.4, -0.2) is 13.0 Å². The number of furan rings is 1. The van der Waals surface area contributed by atoms with Crippen molar-refractivity contribution in [2.45, 2.75) is 20.3 Å². The minimum atomic E-state index is -0.0672. The normalized spacial score (nSPS) is 10.7. The summed E-state index contributed by atoms with van der Waals surface area (Å²) in [6, 6.07) is 11.5. The van der Waals surface area contributed by atoms with Crippen LogP contribution in [-0.2, 0) is 11.2 Å². The molecule has 4 nitrogen and oxygen atoms in total. The molecule has 0 saturated carbocycles. The van der Waals surface area contributed by atoms with Crippen LogP contribution in [0.3, 0.4) is 0 Å². The summed E-state index contributed by atoms with van der Waals surface area (Å²) in [5, 5.41) is 3.86. The van der Waals surface area contributed by atoms with Gasteiger partial charge in [0, 0.05) is 16.6 Å². The maximum Gasteiger partial charge on any atom is 0.228 e. The van der Waals surface area contributed by atoms with Crippen LogP contribution in [0.4, 0.5) is 5.69 Å². The third kappa shape index (κ3) is 3.21. The molecule has 0 fully saturated rings. The number of nitrogens with one attached hydrogen (secondary N) is 1. The minimum Gasteiger partial charge on any atom is -0.497 e. The summed E-state index contributed by atoms with van der Waals surface area (Å²) in [5.41, 5.74) is 4.66. The molecule has 1 amide bonds. The van der Waals surface area contributed by atoms with Gasteiger partial charge >= 0.3 is 0 Å². The van der Waals surface area contributed by atoms with E-state index in [1.807, 2.05) is 50.2 Å². The Morgan fingerprint density at radius 3 is 2.74 bits per heavy atom. The number of rotatable bonds is 4. The number of anilines is 1. The summed E-state index contributed by atoms with van der Waals surface area (Å²) < 4.78 is 10.7. The number of hydrogen-bond donors (Lipinski definition) is 1. The van der Waals surface area contributed by atoms with E-state index in [1.54, 1.807) is 13.4 Å². The number of carbonyl (C=O) groups excluding carboxylic acids is 1. The molecule has 0 saturated heterocycles. The first-order valence-electron chi connectivity index (χ1n) is 7.48. The molecule has 0 aliphatic rings. The van der Waals surface area contributed by atoms with E-state index in [4.69, 9.17) is 9.15 Å². The van der Waals surface area contributed by atoms with Gasteiger partial charge in [0.2, 0.25) is 5.91 Å². The van der Waals surface area contributed by atoms with Crippen molar-refractivity contribution in [2.24, 2.45) is 0 Å². The largest absolute Gasteiger partial charge is 0.497 e. The van der Waals surface area contributed by atoms with E-state index >= 15 is 0 Å². The Bertz CT molecular complexity index is 864. The maximum absolute atomic E-state index is 12.3. The van der Waals surface area contributed by atoms with E-state index in [9.17, 15) is 4.79 Å². The van der Waals surface area contributed by atoms with Crippen LogP contribution in [0.2, 0.25) is 0 Å². The lowest BCUT2D eigenvalue weighted by Gasteiger charge is -2.08. The van der Waals surface area contributed by atoms with Crippen LogP contribution >= 0.6 is 0 Å². The number of ether oxygens (including phenoxy) is 1. The van der Waals surface area contributed by atoms with Crippen LogP contribution in [0.5, 0.6) is 5.75 Å². The van der Waals surface area contributed by atoms with Crippen molar-refractivity contribution in [3.8, 4) is 5.75 Å². The zero-order chi connectivity index (χ0) is 16.4. The Labute approximate surface area is 135 Å². The minimum absolute atomic E-state index is 0.0672. The van der Waals surface area contributed by atoms with Crippen LogP contribution in [0.1, 0.15) is 16.7 Å². The van der Waals surface area contributed by atoms with Gasteiger partial charge in [-0.2, -0.15) is 0 Å². The van der Waals surface area contributed by atoms with Gasteiger partial charge in [-0.3, -0.25) is 4.79 Å². The molecule has 0 spiro atoms. The van der Waals surface area contributed by atoms with E-state index in [2.05, 4.69) is 5.32 Å². The molecule has 3 aromatic rings. The number of carbonyl (C=O) groups is 1. The molecule has 1 N–H and O–H groups in total. The van der Waals surface area contributed by atoms with Crippen LogP contribution < -0.4 is 10.1 Å². The summed E-state index contributed by atoms with van der Waals surface area (Å²) in [5.74, 6) is 0.678. The second-order valence-electron chi connectivity index (χ2n) is 5.67. The average Bonchev–Trinajstić information content (AvgIpc) is 2.92. The van der Waals surface area contributed by atoms with Crippen molar-refractivity contribution in [2.75, 3.05) is 12.4 Å². The zero-order valence-corrected chi connectivity index (χ0v) is 13.5. The van der Waals surface area contributed by atoms with Crippen LogP contribution in [0.15, 0.2) is 47.1 Å². The molecule has 23 heavy (non-hydrogen) atoms. The number of hydrogen-bond acceptors (Lipinski definition) is 3. The third-order valence-electron chi connectivity index (χ3n) is 3.87. The lowest BCUT2D eigenvalue weighted by molar-refractivity contribution is -0.115. The summed E-state index contributed by atoms with van der Waals surface area (Å²) in [7, 11) is 1.62. The molecule has 4 heteroatoms. The lowest BCUT2D eigenvalue weighted by Crippen LogP contribution is -2.15. The van der Waals surface area contributed by atoms with Crippen molar-refractivity contribution >= 4 is 22.6 Å². The molecule has 1 heterocycles. The Hall–Kier alpha value is -2.75. The van der Waals surface area contributed by atoms with Gasteiger partial charge in [-0.15, -0.1) is 0 Å². The molecule has 0 aliphatic heterocycles. The van der Waals surface area contributed by atoms with Gasteiger partial charge in [-0.05, 0) is 43.7 Å². The summed E-state index contributed by atoms with van der Waals surface area (Å²) in [4.78, 5) is 12.3. The van der Waals surface area contributed by atoms with Crippen molar-refractivity contribution in [3.05, 3.63) is 59.4 Å². The molecule has 0 atom stereocenters. The van der Waals surface area contributed by atoms with E-state index in [0.717, 1.165) is 33.5 Å². The number of amides is 1. The predicted molar refractivity (Wildman–Crippen MR) is 91.0 cm³/mol. The zero-order valence-electron chi connectivity index (χ0n) is 13.5. The van der Waals surface area contributed by atoms with Gasteiger partial charge in [0.15, 0.2) is 0 Å².